The van der Waals surface area contributed by atoms with Crippen LogP contribution in [0.4, 0.5) is 4.39 Å². The van der Waals surface area contributed by atoms with Gasteiger partial charge in [-0.25, -0.2) is 4.39 Å². The van der Waals surface area contributed by atoms with Crippen molar-refractivity contribution in [1.82, 2.24) is 0 Å². The fraction of sp³-hybridized carbons (Fsp3) is 0.308. The summed E-state index contributed by atoms with van der Waals surface area (Å²) in [6.45, 7) is 4.55. The second kappa shape index (κ2) is 10.6. The third-order valence-electron chi connectivity index (χ3n) is 5.21. The van der Waals surface area contributed by atoms with E-state index in [4.69, 9.17) is 9.47 Å². The largest absolute Gasteiger partial charge is 0.454 e. The summed E-state index contributed by atoms with van der Waals surface area (Å²) in [5, 5.41) is 0. The first kappa shape index (κ1) is 22.4. The predicted octanol–water partition coefficient (Wildman–Crippen LogP) is 7.61. The Kier molecular flexibility index (Phi) is 7.94. The van der Waals surface area contributed by atoms with Crippen molar-refractivity contribution in [1.29, 1.82) is 0 Å². The van der Waals surface area contributed by atoms with E-state index in [-0.39, 0.29) is 17.0 Å². The summed E-state index contributed by atoms with van der Waals surface area (Å²) in [6, 6.07) is 23.2. The van der Waals surface area contributed by atoms with Gasteiger partial charge in [0.25, 0.3) is 0 Å². The van der Waals surface area contributed by atoms with Gasteiger partial charge in [0.1, 0.15) is 5.75 Å². The summed E-state index contributed by atoms with van der Waals surface area (Å²) in [5.41, 5.74) is 2.49. The molecule has 0 amide bonds. The SMILES string of the molecule is COCSc1ccc(C(C)(C)CCCc2ccc(F)c(Oc3ccccc3)c2)cc1. The lowest BCUT2D eigenvalue weighted by atomic mass is 9.80. The monoisotopic (exact) mass is 424 g/mol. The summed E-state index contributed by atoms with van der Waals surface area (Å²) in [4.78, 5) is 1.22. The predicted molar refractivity (Wildman–Crippen MR) is 123 cm³/mol. The molecule has 3 aromatic rings. The summed E-state index contributed by atoms with van der Waals surface area (Å²) >= 11 is 1.69. The molecular formula is C26H29FO2S. The van der Waals surface area contributed by atoms with Crippen LogP contribution in [0.15, 0.2) is 77.7 Å². The van der Waals surface area contributed by atoms with Crippen molar-refractivity contribution < 1.29 is 13.9 Å². The van der Waals surface area contributed by atoms with Crippen LogP contribution < -0.4 is 4.74 Å². The van der Waals surface area contributed by atoms with Gasteiger partial charge in [-0.15, -0.1) is 0 Å². The Bertz CT molecular complexity index is 924. The maximum atomic E-state index is 14.2. The molecule has 158 valence electrons. The second-order valence-corrected chi connectivity index (χ2v) is 8.99. The Balaban J connectivity index is 1.58. The van der Waals surface area contributed by atoms with Crippen molar-refractivity contribution in [3.63, 3.8) is 0 Å². The quantitative estimate of drug-likeness (QED) is 0.246. The molecule has 0 heterocycles. The molecule has 3 aromatic carbocycles. The number of para-hydroxylation sites is 1. The van der Waals surface area contributed by atoms with E-state index in [1.165, 1.54) is 16.5 Å². The molecule has 0 spiro atoms. The molecule has 0 aliphatic rings. The van der Waals surface area contributed by atoms with Crippen molar-refractivity contribution in [2.45, 2.75) is 43.4 Å². The van der Waals surface area contributed by atoms with Crippen molar-refractivity contribution in [3.05, 3.63) is 89.7 Å². The van der Waals surface area contributed by atoms with Gasteiger partial charge in [0.05, 0.1) is 5.94 Å². The van der Waals surface area contributed by atoms with Crippen molar-refractivity contribution in [3.8, 4) is 11.5 Å². The van der Waals surface area contributed by atoms with Gasteiger partial charge in [-0.3, -0.25) is 0 Å². The van der Waals surface area contributed by atoms with E-state index in [0.29, 0.717) is 11.7 Å². The number of hydrogen-bond donors (Lipinski definition) is 0. The first-order valence-electron chi connectivity index (χ1n) is 10.2. The average molecular weight is 425 g/mol. The average Bonchev–Trinajstić information content (AvgIpc) is 2.75. The molecule has 0 aromatic heterocycles. The zero-order valence-corrected chi connectivity index (χ0v) is 18.7. The van der Waals surface area contributed by atoms with Gasteiger partial charge in [0.15, 0.2) is 11.6 Å². The van der Waals surface area contributed by atoms with Gasteiger partial charge in [-0.05, 0) is 72.2 Å². The molecule has 4 heteroatoms. The lowest BCUT2D eigenvalue weighted by Gasteiger charge is -2.25. The molecule has 2 nitrogen and oxygen atoms in total. The number of hydrogen-bond acceptors (Lipinski definition) is 3. The summed E-state index contributed by atoms with van der Waals surface area (Å²) in [6.07, 6.45) is 2.95. The molecule has 30 heavy (non-hydrogen) atoms. The Hall–Kier alpha value is -2.30. The molecule has 3 rings (SSSR count). The van der Waals surface area contributed by atoms with Gasteiger partial charge >= 0.3 is 0 Å². The Labute approximate surface area is 183 Å². The van der Waals surface area contributed by atoms with Gasteiger partial charge in [-0.1, -0.05) is 62.0 Å². The highest BCUT2D eigenvalue weighted by molar-refractivity contribution is 7.99. The summed E-state index contributed by atoms with van der Waals surface area (Å²) in [7, 11) is 1.71. The van der Waals surface area contributed by atoms with Crippen LogP contribution in [-0.4, -0.2) is 13.0 Å². The molecular weight excluding hydrogens is 395 g/mol. The molecule has 0 saturated carbocycles. The normalized spacial score (nSPS) is 11.5. The van der Waals surface area contributed by atoms with Gasteiger partial charge in [0.2, 0.25) is 0 Å². The molecule has 0 N–H and O–H groups in total. The van der Waals surface area contributed by atoms with E-state index >= 15 is 0 Å². The minimum Gasteiger partial charge on any atom is -0.454 e. The van der Waals surface area contributed by atoms with Crippen molar-refractivity contribution in [2.24, 2.45) is 0 Å². The minimum atomic E-state index is -0.339. The third-order valence-corrected chi connectivity index (χ3v) is 6.17. The number of ether oxygens (including phenoxy) is 2. The summed E-state index contributed by atoms with van der Waals surface area (Å²) < 4.78 is 25.0. The maximum absolute atomic E-state index is 14.2. The fourth-order valence-corrected chi connectivity index (χ4v) is 3.99. The van der Waals surface area contributed by atoms with E-state index < -0.39 is 0 Å². The minimum absolute atomic E-state index is 0.0772. The molecule has 0 saturated heterocycles. The third kappa shape index (κ3) is 6.35. The fourth-order valence-electron chi connectivity index (χ4n) is 3.41. The second-order valence-electron chi connectivity index (χ2n) is 7.99. The first-order chi connectivity index (χ1) is 14.5. The molecule has 0 atom stereocenters. The first-order valence-corrected chi connectivity index (χ1v) is 11.2. The number of thioether (sulfide) groups is 1. The van der Waals surface area contributed by atoms with E-state index in [9.17, 15) is 4.39 Å². The highest BCUT2D eigenvalue weighted by atomic mass is 32.2. The van der Waals surface area contributed by atoms with Crippen molar-refractivity contribution >= 4 is 11.8 Å². The highest BCUT2D eigenvalue weighted by Gasteiger charge is 2.20. The van der Waals surface area contributed by atoms with Crippen LogP contribution in [0.25, 0.3) is 0 Å². The zero-order chi connectivity index (χ0) is 21.4. The van der Waals surface area contributed by atoms with Crippen LogP contribution in [-0.2, 0) is 16.6 Å². The van der Waals surface area contributed by atoms with E-state index in [1.54, 1.807) is 18.9 Å². The van der Waals surface area contributed by atoms with Gasteiger partial charge in [0, 0.05) is 12.0 Å². The van der Waals surface area contributed by atoms with Gasteiger partial charge < -0.3 is 9.47 Å². The van der Waals surface area contributed by atoms with Crippen LogP contribution >= 0.6 is 11.8 Å². The Morgan fingerprint density at radius 1 is 0.933 bits per heavy atom. The van der Waals surface area contributed by atoms with E-state index in [0.717, 1.165) is 24.8 Å². The number of halogens is 1. The Morgan fingerprint density at radius 2 is 1.67 bits per heavy atom. The number of rotatable bonds is 10. The number of aryl methyl sites for hydroxylation is 1. The molecule has 0 radical (unpaired) electrons. The lowest BCUT2D eigenvalue weighted by molar-refractivity contribution is 0.259. The maximum Gasteiger partial charge on any atom is 0.165 e. The van der Waals surface area contributed by atoms with Crippen LogP contribution in [0.2, 0.25) is 0 Å². The molecule has 0 bridgehead atoms. The van der Waals surface area contributed by atoms with Crippen LogP contribution in [0.1, 0.15) is 37.8 Å². The topological polar surface area (TPSA) is 18.5 Å². The zero-order valence-electron chi connectivity index (χ0n) is 17.9. The standard InChI is InChI=1S/C26H29FO2S/c1-26(2,21-12-14-23(15-13-21)30-19-28-3)17-7-8-20-11-16-24(27)25(18-20)29-22-9-5-4-6-10-22/h4-6,9-16,18H,7-8,17,19H2,1-3H3. The van der Waals surface area contributed by atoms with Crippen LogP contribution in [0.3, 0.4) is 0 Å². The van der Waals surface area contributed by atoms with Crippen molar-refractivity contribution in [2.75, 3.05) is 13.0 Å². The molecule has 0 fully saturated rings. The summed E-state index contributed by atoms with van der Waals surface area (Å²) in [5.74, 6) is 1.24. The number of benzene rings is 3. The van der Waals surface area contributed by atoms with Crippen LogP contribution in [0, 0.1) is 5.82 Å². The lowest BCUT2D eigenvalue weighted by Crippen LogP contribution is -2.17. The van der Waals surface area contributed by atoms with Gasteiger partial charge in [-0.2, -0.15) is 0 Å². The van der Waals surface area contributed by atoms with E-state index in [1.807, 2.05) is 42.5 Å². The Morgan fingerprint density at radius 3 is 2.37 bits per heavy atom. The van der Waals surface area contributed by atoms with E-state index in [2.05, 4.69) is 38.1 Å². The smallest absolute Gasteiger partial charge is 0.165 e. The number of methoxy groups -OCH3 is 1. The molecule has 0 unspecified atom stereocenters. The highest BCUT2D eigenvalue weighted by Crippen LogP contribution is 2.32. The van der Waals surface area contributed by atoms with Crippen LogP contribution in [0.5, 0.6) is 11.5 Å². The molecule has 0 aliphatic heterocycles. The molecule has 0 aliphatic carbocycles.